The normalized spacial score (nSPS) is 10.5. The summed E-state index contributed by atoms with van der Waals surface area (Å²) in [5.41, 5.74) is 4.29. The number of thioether (sulfide) groups is 1. The minimum atomic E-state index is -0.176. The lowest BCUT2D eigenvalue weighted by atomic mass is 10.1. The first-order chi connectivity index (χ1) is 11.6. The quantitative estimate of drug-likeness (QED) is 0.722. The molecule has 6 nitrogen and oxygen atoms in total. The molecule has 0 aliphatic carbocycles. The van der Waals surface area contributed by atoms with Crippen molar-refractivity contribution >= 4 is 46.1 Å². The van der Waals surface area contributed by atoms with Gasteiger partial charge in [-0.3, -0.25) is 4.79 Å². The fourth-order valence-corrected chi connectivity index (χ4v) is 3.72. The van der Waals surface area contributed by atoms with Gasteiger partial charge in [0.2, 0.25) is 5.91 Å². The van der Waals surface area contributed by atoms with E-state index < -0.39 is 0 Å². The van der Waals surface area contributed by atoms with Crippen LogP contribution in [0.1, 0.15) is 16.8 Å². The van der Waals surface area contributed by atoms with E-state index in [1.54, 1.807) is 6.07 Å². The predicted octanol–water partition coefficient (Wildman–Crippen LogP) is 3.31. The van der Waals surface area contributed by atoms with Gasteiger partial charge in [0.05, 0.1) is 28.7 Å². The van der Waals surface area contributed by atoms with Crippen molar-refractivity contribution in [3.05, 3.63) is 41.1 Å². The highest BCUT2D eigenvalue weighted by Crippen LogP contribution is 2.25. The number of hydrogen-bond acceptors (Lipinski definition) is 7. The Morgan fingerprint density at radius 2 is 2.21 bits per heavy atom. The van der Waals surface area contributed by atoms with Gasteiger partial charge in [0.1, 0.15) is 22.1 Å². The van der Waals surface area contributed by atoms with Crippen molar-refractivity contribution in [1.82, 2.24) is 13.7 Å². The summed E-state index contributed by atoms with van der Waals surface area (Å²) in [5.74, 6) is -0.0104. The molecule has 0 aliphatic heterocycles. The topological polar surface area (TPSA) is 91.6 Å². The molecule has 2 heterocycles. The second-order valence-electron chi connectivity index (χ2n) is 5.15. The number of hydrogen-bond donors (Lipinski definition) is 1. The van der Waals surface area contributed by atoms with Gasteiger partial charge in [0, 0.05) is 5.69 Å². The molecule has 3 aromatic rings. The standard InChI is InChI=1S/C16H13N5OS2/c1-9-6-10(2)18-16(11(9)7-17)23-8-14(22)19-12-4-3-5-13-15(12)21-24-20-13/h3-6H,8H2,1-2H3,(H,19,22). The molecule has 0 spiro atoms. The van der Waals surface area contributed by atoms with Gasteiger partial charge in [0.15, 0.2) is 0 Å². The van der Waals surface area contributed by atoms with Gasteiger partial charge < -0.3 is 5.32 Å². The molecule has 0 fully saturated rings. The fraction of sp³-hybridized carbons (Fsp3) is 0.188. The van der Waals surface area contributed by atoms with Gasteiger partial charge >= 0.3 is 0 Å². The van der Waals surface area contributed by atoms with E-state index in [2.05, 4.69) is 25.1 Å². The smallest absolute Gasteiger partial charge is 0.234 e. The number of rotatable bonds is 4. The van der Waals surface area contributed by atoms with Crippen molar-refractivity contribution in [2.24, 2.45) is 0 Å². The zero-order chi connectivity index (χ0) is 17.1. The van der Waals surface area contributed by atoms with Gasteiger partial charge in [-0.25, -0.2) is 4.98 Å². The number of carbonyl (C=O) groups excluding carboxylic acids is 1. The fourth-order valence-electron chi connectivity index (χ4n) is 2.27. The summed E-state index contributed by atoms with van der Waals surface area (Å²) >= 11 is 2.37. The van der Waals surface area contributed by atoms with E-state index in [9.17, 15) is 10.1 Å². The van der Waals surface area contributed by atoms with E-state index in [-0.39, 0.29) is 11.7 Å². The maximum Gasteiger partial charge on any atom is 0.234 e. The third-order valence-corrected chi connectivity index (χ3v) is 4.84. The van der Waals surface area contributed by atoms with Crippen molar-refractivity contribution < 1.29 is 4.79 Å². The highest BCUT2D eigenvalue weighted by Gasteiger charge is 2.13. The van der Waals surface area contributed by atoms with E-state index >= 15 is 0 Å². The SMILES string of the molecule is Cc1cc(C)c(C#N)c(SCC(=O)Nc2cccc3nsnc23)n1. The summed E-state index contributed by atoms with van der Waals surface area (Å²) in [6.45, 7) is 3.74. The molecule has 0 aliphatic rings. The zero-order valence-corrected chi connectivity index (χ0v) is 14.7. The van der Waals surface area contributed by atoms with Crippen molar-refractivity contribution in [2.75, 3.05) is 11.1 Å². The first-order valence-corrected chi connectivity index (χ1v) is 8.82. The minimum Gasteiger partial charge on any atom is -0.323 e. The minimum absolute atomic E-state index is 0.165. The van der Waals surface area contributed by atoms with E-state index in [1.165, 1.54) is 11.8 Å². The number of anilines is 1. The molecule has 3 rings (SSSR count). The van der Waals surface area contributed by atoms with Crippen molar-refractivity contribution in [2.45, 2.75) is 18.9 Å². The number of aryl methyl sites for hydroxylation is 2. The molecule has 0 saturated heterocycles. The van der Waals surface area contributed by atoms with Crippen LogP contribution in [0.3, 0.4) is 0 Å². The Balaban J connectivity index is 1.73. The predicted molar refractivity (Wildman–Crippen MR) is 95.2 cm³/mol. The van der Waals surface area contributed by atoms with Crippen molar-refractivity contribution in [3.8, 4) is 6.07 Å². The molecule has 0 radical (unpaired) electrons. The molecule has 0 bridgehead atoms. The molecule has 1 amide bonds. The highest BCUT2D eigenvalue weighted by molar-refractivity contribution is 8.00. The van der Waals surface area contributed by atoms with Crippen LogP contribution in [-0.2, 0) is 4.79 Å². The van der Waals surface area contributed by atoms with E-state index in [1.807, 2.05) is 32.0 Å². The van der Waals surface area contributed by atoms with Gasteiger partial charge in [0.25, 0.3) is 0 Å². The van der Waals surface area contributed by atoms with Crippen molar-refractivity contribution in [1.29, 1.82) is 5.26 Å². The van der Waals surface area contributed by atoms with E-state index in [4.69, 9.17) is 0 Å². The third kappa shape index (κ3) is 3.37. The molecule has 1 N–H and O–H groups in total. The number of nitriles is 1. The third-order valence-electron chi connectivity index (χ3n) is 3.32. The molecule has 1 aromatic carbocycles. The number of amides is 1. The molecule has 0 saturated carbocycles. The Kier molecular flexibility index (Phi) is 4.74. The van der Waals surface area contributed by atoms with Gasteiger partial charge in [-0.05, 0) is 37.6 Å². The number of fused-ring (bicyclic) bond motifs is 1. The lowest BCUT2D eigenvalue weighted by molar-refractivity contribution is -0.113. The summed E-state index contributed by atoms with van der Waals surface area (Å²) in [6, 6.07) is 9.48. The average Bonchev–Trinajstić information content (AvgIpc) is 3.02. The summed E-state index contributed by atoms with van der Waals surface area (Å²) in [4.78, 5) is 16.6. The number of benzene rings is 1. The Morgan fingerprint density at radius 1 is 1.38 bits per heavy atom. The molecule has 24 heavy (non-hydrogen) atoms. The number of nitrogens with zero attached hydrogens (tertiary/aromatic N) is 4. The second kappa shape index (κ2) is 6.95. The van der Waals surface area contributed by atoms with E-state index in [0.29, 0.717) is 21.8 Å². The van der Waals surface area contributed by atoms with Crippen LogP contribution in [0.15, 0.2) is 29.3 Å². The number of carbonyl (C=O) groups is 1. The summed E-state index contributed by atoms with van der Waals surface area (Å²) in [7, 11) is 0. The summed E-state index contributed by atoms with van der Waals surface area (Å²) in [6.07, 6.45) is 0. The highest BCUT2D eigenvalue weighted by atomic mass is 32.2. The number of aromatic nitrogens is 3. The van der Waals surface area contributed by atoms with Gasteiger partial charge in [-0.2, -0.15) is 14.0 Å². The Morgan fingerprint density at radius 3 is 3.00 bits per heavy atom. The van der Waals surface area contributed by atoms with Gasteiger partial charge in [-0.1, -0.05) is 17.8 Å². The second-order valence-corrected chi connectivity index (χ2v) is 6.64. The monoisotopic (exact) mass is 355 g/mol. The lowest BCUT2D eigenvalue weighted by Gasteiger charge is -2.08. The van der Waals surface area contributed by atoms with Crippen LogP contribution in [0, 0.1) is 25.2 Å². The molecule has 2 aromatic heterocycles. The molecule has 120 valence electrons. The first kappa shape index (κ1) is 16.4. The maximum atomic E-state index is 12.2. The zero-order valence-electron chi connectivity index (χ0n) is 13.0. The van der Waals surface area contributed by atoms with Crippen LogP contribution in [0.5, 0.6) is 0 Å². The molecule has 8 heteroatoms. The average molecular weight is 355 g/mol. The van der Waals surface area contributed by atoms with Crippen LogP contribution < -0.4 is 5.32 Å². The van der Waals surface area contributed by atoms with Crippen molar-refractivity contribution in [3.63, 3.8) is 0 Å². The van der Waals surface area contributed by atoms with Gasteiger partial charge in [-0.15, -0.1) is 0 Å². The van der Waals surface area contributed by atoms with Crippen LogP contribution in [-0.4, -0.2) is 25.4 Å². The molecular weight excluding hydrogens is 342 g/mol. The van der Waals surface area contributed by atoms with Crippen LogP contribution in [0.4, 0.5) is 5.69 Å². The Labute approximate surface area is 147 Å². The Bertz CT molecular complexity index is 961. The van der Waals surface area contributed by atoms with E-state index in [0.717, 1.165) is 28.5 Å². The largest absolute Gasteiger partial charge is 0.323 e. The number of pyridine rings is 1. The molecular formula is C16H13N5OS2. The Hall–Kier alpha value is -2.50. The summed E-state index contributed by atoms with van der Waals surface area (Å²) in [5, 5.41) is 12.7. The lowest BCUT2D eigenvalue weighted by Crippen LogP contribution is -2.14. The van der Waals surface area contributed by atoms with Crippen LogP contribution in [0.25, 0.3) is 11.0 Å². The van der Waals surface area contributed by atoms with Crippen LogP contribution in [0.2, 0.25) is 0 Å². The molecule has 0 atom stereocenters. The summed E-state index contributed by atoms with van der Waals surface area (Å²) < 4.78 is 8.34. The first-order valence-electron chi connectivity index (χ1n) is 7.11. The van der Waals surface area contributed by atoms with Crippen LogP contribution >= 0.6 is 23.5 Å². The number of nitrogens with one attached hydrogen (secondary N) is 1. The maximum absolute atomic E-state index is 12.2. The molecule has 0 unspecified atom stereocenters.